The number of likely N-dealkylation sites (N-methyl/N-ethyl adjacent to an activating group) is 1. The SMILES string of the molecule is C=CC1=C(N(C)C)/C(=C\C)C1=O. The van der Waals surface area contributed by atoms with Crippen LogP contribution in [-0.4, -0.2) is 24.8 Å². The molecule has 0 saturated carbocycles. The number of rotatable bonds is 2. The van der Waals surface area contributed by atoms with Gasteiger partial charge in [-0.2, -0.15) is 0 Å². The number of hydrogen-bond donors (Lipinski definition) is 0. The molecule has 0 aliphatic heterocycles. The highest BCUT2D eigenvalue weighted by molar-refractivity contribution is 6.21. The third-order valence-corrected chi connectivity index (χ3v) is 1.94. The maximum atomic E-state index is 11.3. The Kier molecular flexibility index (Phi) is 2.18. The number of Topliss-reactive ketones (excluding diaryl/α,β-unsaturated/α-hetero) is 1. The average molecular weight is 163 g/mol. The van der Waals surface area contributed by atoms with E-state index in [9.17, 15) is 4.79 Å². The summed E-state index contributed by atoms with van der Waals surface area (Å²) in [6.07, 6.45) is 3.45. The number of carbonyl (C=O) groups excluding carboxylic acids is 1. The zero-order valence-electron chi connectivity index (χ0n) is 7.72. The molecule has 0 spiro atoms. The van der Waals surface area contributed by atoms with E-state index in [1.807, 2.05) is 32.0 Å². The predicted octanol–water partition coefficient (Wildman–Crippen LogP) is 1.52. The van der Waals surface area contributed by atoms with E-state index < -0.39 is 0 Å². The molecule has 1 aliphatic carbocycles. The Morgan fingerprint density at radius 2 is 2.00 bits per heavy atom. The van der Waals surface area contributed by atoms with E-state index >= 15 is 0 Å². The van der Waals surface area contributed by atoms with Crippen molar-refractivity contribution in [1.82, 2.24) is 4.90 Å². The van der Waals surface area contributed by atoms with Crippen molar-refractivity contribution < 1.29 is 4.79 Å². The van der Waals surface area contributed by atoms with E-state index in [2.05, 4.69) is 6.58 Å². The molecule has 1 aliphatic rings. The second kappa shape index (κ2) is 2.97. The lowest BCUT2D eigenvalue weighted by atomic mass is 9.85. The van der Waals surface area contributed by atoms with Crippen molar-refractivity contribution in [2.45, 2.75) is 6.92 Å². The highest BCUT2D eigenvalue weighted by atomic mass is 16.1. The maximum Gasteiger partial charge on any atom is 0.196 e. The Morgan fingerprint density at radius 1 is 1.42 bits per heavy atom. The normalized spacial score (nSPS) is 19.6. The number of nitrogens with zero attached hydrogens (tertiary/aromatic N) is 1. The number of ketones is 1. The Hall–Kier alpha value is -1.31. The molecule has 2 nitrogen and oxygen atoms in total. The molecule has 0 radical (unpaired) electrons. The molecule has 0 fully saturated rings. The van der Waals surface area contributed by atoms with Gasteiger partial charge in [0.2, 0.25) is 0 Å². The number of hydrogen-bond acceptors (Lipinski definition) is 2. The third kappa shape index (κ3) is 0.998. The van der Waals surface area contributed by atoms with Gasteiger partial charge in [0.15, 0.2) is 5.78 Å². The highest BCUT2D eigenvalue weighted by Gasteiger charge is 2.31. The van der Waals surface area contributed by atoms with Crippen LogP contribution in [0.3, 0.4) is 0 Å². The summed E-state index contributed by atoms with van der Waals surface area (Å²) >= 11 is 0. The van der Waals surface area contributed by atoms with Gasteiger partial charge in [-0.05, 0) is 6.92 Å². The fourth-order valence-electron chi connectivity index (χ4n) is 1.38. The lowest BCUT2D eigenvalue weighted by Gasteiger charge is -2.29. The summed E-state index contributed by atoms with van der Waals surface area (Å²) in [5, 5.41) is 0. The first-order chi connectivity index (χ1) is 5.63. The van der Waals surface area contributed by atoms with Gasteiger partial charge in [-0.25, -0.2) is 0 Å². The predicted molar refractivity (Wildman–Crippen MR) is 49.7 cm³/mol. The van der Waals surface area contributed by atoms with E-state index in [1.54, 1.807) is 6.08 Å². The second-order valence-corrected chi connectivity index (χ2v) is 2.89. The molecule has 2 heteroatoms. The zero-order chi connectivity index (χ0) is 9.30. The Morgan fingerprint density at radius 3 is 2.33 bits per heavy atom. The van der Waals surface area contributed by atoms with Crippen molar-refractivity contribution >= 4 is 5.78 Å². The van der Waals surface area contributed by atoms with Crippen molar-refractivity contribution in [2.24, 2.45) is 0 Å². The Balaban J connectivity index is 3.15. The van der Waals surface area contributed by atoms with Crippen molar-refractivity contribution in [3.05, 3.63) is 35.6 Å². The molecular formula is C10H13NO. The van der Waals surface area contributed by atoms with Crippen LogP contribution in [0.1, 0.15) is 6.92 Å². The Bertz CT molecular complexity index is 295. The first-order valence-corrected chi connectivity index (χ1v) is 3.89. The zero-order valence-corrected chi connectivity index (χ0v) is 7.72. The molecular weight excluding hydrogens is 150 g/mol. The van der Waals surface area contributed by atoms with Gasteiger partial charge < -0.3 is 4.90 Å². The minimum absolute atomic E-state index is 0.108. The molecule has 0 bridgehead atoms. The van der Waals surface area contributed by atoms with Gasteiger partial charge in [-0.15, -0.1) is 0 Å². The van der Waals surface area contributed by atoms with Crippen LogP contribution in [0.4, 0.5) is 0 Å². The van der Waals surface area contributed by atoms with Crippen LogP contribution in [0, 0.1) is 0 Å². The molecule has 0 unspecified atom stereocenters. The molecule has 0 amide bonds. The lowest BCUT2D eigenvalue weighted by molar-refractivity contribution is -0.113. The summed E-state index contributed by atoms with van der Waals surface area (Å²) in [5.41, 5.74) is 2.53. The van der Waals surface area contributed by atoms with Gasteiger partial charge in [0.25, 0.3) is 0 Å². The number of carbonyl (C=O) groups is 1. The third-order valence-electron chi connectivity index (χ3n) is 1.94. The molecule has 12 heavy (non-hydrogen) atoms. The number of allylic oxidation sites excluding steroid dienone is 4. The van der Waals surface area contributed by atoms with Gasteiger partial charge in [-0.3, -0.25) is 4.79 Å². The maximum absolute atomic E-state index is 11.3. The van der Waals surface area contributed by atoms with Crippen LogP contribution in [0.2, 0.25) is 0 Å². The van der Waals surface area contributed by atoms with E-state index in [0.29, 0.717) is 0 Å². The van der Waals surface area contributed by atoms with Crippen LogP contribution >= 0.6 is 0 Å². The van der Waals surface area contributed by atoms with E-state index in [4.69, 9.17) is 0 Å². The minimum atomic E-state index is 0.108. The molecule has 0 atom stereocenters. The summed E-state index contributed by atoms with van der Waals surface area (Å²) in [5.74, 6) is 0.108. The monoisotopic (exact) mass is 163 g/mol. The molecule has 0 heterocycles. The van der Waals surface area contributed by atoms with Gasteiger partial charge in [0, 0.05) is 25.2 Å². The highest BCUT2D eigenvalue weighted by Crippen LogP contribution is 2.31. The molecule has 0 saturated heterocycles. The van der Waals surface area contributed by atoms with Gasteiger partial charge in [-0.1, -0.05) is 18.7 Å². The van der Waals surface area contributed by atoms with Gasteiger partial charge >= 0.3 is 0 Å². The summed E-state index contributed by atoms with van der Waals surface area (Å²) in [7, 11) is 3.85. The van der Waals surface area contributed by atoms with Crippen LogP contribution in [0.15, 0.2) is 35.6 Å². The lowest BCUT2D eigenvalue weighted by Crippen LogP contribution is -2.30. The quantitative estimate of drug-likeness (QED) is 0.575. The van der Waals surface area contributed by atoms with Crippen molar-refractivity contribution in [3.8, 4) is 0 Å². The fraction of sp³-hybridized carbons (Fsp3) is 0.300. The van der Waals surface area contributed by atoms with Crippen LogP contribution in [-0.2, 0) is 4.79 Å². The van der Waals surface area contributed by atoms with E-state index in [-0.39, 0.29) is 5.78 Å². The standard InChI is InChI=1S/C10H13NO/c1-5-7-9(11(3)4)8(6-2)10(7)12/h5-6H,1H2,2-4H3/b8-6+. The molecule has 0 aromatic rings. The van der Waals surface area contributed by atoms with Crippen molar-refractivity contribution in [2.75, 3.05) is 14.1 Å². The molecule has 0 aromatic carbocycles. The van der Waals surface area contributed by atoms with Crippen molar-refractivity contribution in [3.63, 3.8) is 0 Å². The fourth-order valence-corrected chi connectivity index (χ4v) is 1.38. The van der Waals surface area contributed by atoms with Gasteiger partial charge in [0.05, 0.1) is 5.70 Å². The van der Waals surface area contributed by atoms with E-state index in [1.165, 1.54) is 0 Å². The molecule has 0 aromatic heterocycles. The summed E-state index contributed by atoms with van der Waals surface area (Å²) in [6, 6.07) is 0. The van der Waals surface area contributed by atoms with Crippen molar-refractivity contribution in [1.29, 1.82) is 0 Å². The smallest absolute Gasteiger partial charge is 0.196 e. The van der Waals surface area contributed by atoms with Crippen LogP contribution < -0.4 is 0 Å². The molecule has 0 N–H and O–H groups in total. The average Bonchev–Trinajstić information content (AvgIpc) is 2.01. The first-order valence-electron chi connectivity index (χ1n) is 3.89. The summed E-state index contributed by atoms with van der Waals surface area (Å²) < 4.78 is 0. The minimum Gasteiger partial charge on any atom is -0.376 e. The van der Waals surface area contributed by atoms with Gasteiger partial charge in [0.1, 0.15) is 0 Å². The molecule has 64 valence electrons. The topological polar surface area (TPSA) is 20.3 Å². The first kappa shape index (κ1) is 8.78. The summed E-state index contributed by atoms with van der Waals surface area (Å²) in [6.45, 7) is 5.47. The molecule has 1 rings (SSSR count). The van der Waals surface area contributed by atoms with E-state index in [0.717, 1.165) is 16.8 Å². The Labute approximate surface area is 72.9 Å². The summed E-state index contributed by atoms with van der Waals surface area (Å²) in [4.78, 5) is 13.3. The van der Waals surface area contributed by atoms with Crippen LogP contribution in [0.5, 0.6) is 0 Å². The van der Waals surface area contributed by atoms with Crippen LogP contribution in [0.25, 0.3) is 0 Å². The largest absolute Gasteiger partial charge is 0.376 e. The second-order valence-electron chi connectivity index (χ2n) is 2.89.